The fraction of sp³-hybridized carbons (Fsp3) is 0.714. The maximum absolute atomic E-state index is 12.4. The second-order valence-electron chi connectivity index (χ2n) is 6.30. The fourth-order valence-electron chi connectivity index (χ4n) is 2.69. The molecule has 2 rings (SSSR count). The second-order valence-corrected chi connectivity index (χ2v) is 8.21. The topological polar surface area (TPSA) is 119 Å². The molecule has 1 fully saturated rings. The van der Waals surface area contributed by atoms with Gasteiger partial charge in [0.25, 0.3) is 10.2 Å². The summed E-state index contributed by atoms with van der Waals surface area (Å²) in [5, 5.41) is 17.1. The number of H-pyrrole nitrogens is 1. The molecule has 1 aromatic rings. The molecule has 0 unspecified atom stereocenters. The van der Waals surface area contributed by atoms with E-state index in [9.17, 15) is 18.3 Å². The number of nitrogens with zero attached hydrogens (tertiary/aromatic N) is 3. The van der Waals surface area contributed by atoms with Gasteiger partial charge in [0.15, 0.2) is 0 Å². The molecule has 136 valence electrons. The Hall–Kier alpha value is -1.49. The third-order valence-electron chi connectivity index (χ3n) is 4.32. The number of carbonyl (C=O) groups is 1. The van der Waals surface area contributed by atoms with Crippen LogP contribution in [0.4, 0.5) is 0 Å². The lowest BCUT2D eigenvalue weighted by molar-refractivity contribution is -0.134. The zero-order valence-corrected chi connectivity index (χ0v) is 15.2. The van der Waals surface area contributed by atoms with Crippen LogP contribution in [0.5, 0.6) is 0 Å². The second kappa shape index (κ2) is 7.18. The van der Waals surface area contributed by atoms with Crippen LogP contribution < -0.4 is 4.72 Å². The number of aryl methyl sites for hydroxylation is 2. The van der Waals surface area contributed by atoms with E-state index in [2.05, 4.69) is 14.9 Å². The molecule has 1 saturated heterocycles. The van der Waals surface area contributed by atoms with Gasteiger partial charge in [-0.1, -0.05) is 0 Å². The highest BCUT2D eigenvalue weighted by atomic mass is 32.2. The normalized spacial score (nSPS) is 22.2. The van der Waals surface area contributed by atoms with Gasteiger partial charge in [0, 0.05) is 38.4 Å². The van der Waals surface area contributed by atoms with Crippen LogP contribution in [0.15, 0.2) is 0 Å². The summed E-state index contributed by atoms with van der Waals surface area (Å²) < 4.78 is 27.2. The number of piperidine rings is 1. The number of likely N-dealkylation sites (tertiary alicyclic amines) is 1. The van der Waals surface area contributed by atoms with E-state index in [4.69, 9.17) is 0 Å². The van der Waals surface area contributed by atoms with Crippen molar-refractivity contribution in [2.24, 2.45) is 0 Å². The maximum Gasteiger partial charge on any atom is 0.279 e. The van der Waals surface area contributed by atoms with Crippen molar-refractivity contribution in [2.45, 2.75) is 38.8 Å². The summed E-state index contributed by atoms with van der Waals surface area (Å²) in [5.74, 6) is -0.101. The van der Waals surface area contributed by atoms with Gasteiger partial charge in [-0.15, -0.1) is 0 Å². The largest absolute Gasteiger partial charge is 0.390 e. The SMILES string of the molecule is Cc1n[nH]c(C)c1CC(=O)N1CC[C@@H](NS(=O)(=O)N(C)C)[C@H](O)C1. The molecule has 0 aromatic carbocycles. The lowest BCUT2D eigenvalue weighted by atomic mass is 10.0. The van der Waals surface area contributed by atoms with Crippen LogP contribution in [0.25, 0.3) is 0 Å². The van der Waals surface area contributed by atoms with E-state index in [0.29, 0.717) is 13.0 Å². The van der Waals surface area contributed by atoms with Gasteiger partial charge in [-0.05, 0) is 20.3 Å². The number of aliphatic hydroxyl groups excluding tert-OH is 1. The number of rotatable bonds is 5. The number of amides is 1. The zero-order chi connectivity index (χ0) is 18.1. The van der Waals surface area contributed by atoms with E-state index >= 15 is 0 Å². The van der Waals surface area contributed by atoms with Crippen molar-refractivity contribution in [3.05, 3.63) is 17.0 Å². The average Bonchev–Trinajstić information content (AvgIpc) is 2.80. The van der Waals surface area contributed by atoms with E-state index in [1.807, 2.05) is 13.8 Å². The minimum absolute atomic E-state index is 0.101. The van der Waals surface area contributed by atoms with Gasteiger partial charge in [0.1, 0.15) is 0 Å². The number of carbonyl (C=O) groups excluding carboxylic acids is 1. The van der Waals surface area contributed by atoms with Crippen LogP contribution in [0.1, 0.15) is 23.4 Å². The molecule has 0 saturated carbocycles. The summed E-state index contributed by atoms with van der Waals surface area (Å²) in [5.41, 5.74) is 2.51. The van der Waals surface area contributed by atoms with Crippen LogP contribution in [0.2, 0.25) is 0 Å². The number of β-amino-alcohol motifs (C(OH)–C–C–N with tert-alkyl or cyclic N) is 1. The summed E-state index contributed by atoms with van der Waals surface area (Å²) in [6.45, 7) is 4.20. The number of hydrogen-bond acceptors (Lipinski definition) is 5. The Bertz CT molecular complexity index is 681. The maximum atomic E-state index is 12.4. The Balaban J connectivity index is 1.96. The van der Waals surface area contributed by atoms with Gasteiger partial charge >= 0.3 is 0 Å². The van der Waals surface area contributed by atoms with E-state index < -0.39 is 22.4 Å². The number of hydrogen-bond donors (Lipinski definition) is 3. The highest BCUT2D eigenvalue weighted by Gasteiger charge is 2.33. The van der Waals surface area contributed by atoms with Crippen molar-refractivity contribution >= 4 is 16.1 Å². The Kier molecular flexibility index (Phi) is 5.63. The third-order valence-corrected chi connectivity index (χ3v) is 5.89. The van der Waals surface area contributed by atoms with Crippen molar-refractivity contribution < 1.29 is 18.3 Å². The lowest BCUT2D eigenvalue weighted by Crippen LogP contribution is -2.56. The number of aromatic nitrogens is 2. The molecule has 1 aromatic heterocycles. The van der Waals surface area contributed by atoms with Gasteiger partial charge < -0.3 is 10.0 Å². The standard InChI is InChI=1S/C14H25N5O4S/c1-9-11(10(2)16-15-9)7-14(21)19-6-5-12(13(20)8-19)17-24(22,23)18(3)4/h12-13,17,20H,5-8H2,1-4H3,(H,15,16)/t12-,13-/m1/s1. The predicted molar refractivity (Wildman–Crippen MR) is 88.5 cm³/mol. The van der Waals surface area contributed by atoms with Crippen LogP contribution in [-0.2, 0) is 21.4 Å². The number of nitrogens with one attached hydrogen (secondary N) is 2. The molecule has 1 amide bonds. The molecule has 0 bridgehead atoms. The Morgan fingerprint density at radius 1 is 1.46 bits per heavy atom. The molecule has 3 N–H and O–H groups in total. The predicted octanol–water partition coefficient (Wildman–Crippen LogP) is -1.07. The first-order valence-electron chi connectivity index (χ1n) is 7.78. The lowest BCUT2D eigenvalue weighted by Gasteiger charge is -2.36. The molecular weight excluding hydrogens is 334 g/mol. The minimum atomic E-state index is -3.61. The highest BCUT2D eigenvalue weighted by Crippen LogP contribution is 2.16. The smallest absolute Gasteiger partial charge is 0.279 e. The van der Waals surface area contributed by atoms with Crippen molar-refractivity contribution in [1.82, 2.24) is 24.1 Å². The average molecular weight is 359 g/mol. The molecule has 24 heavy (non-hydrogen) atoms. The van der Waals surface area contributed by atoms with Crippen LogP contribution in [-0.4, -0.2) is 78.2 Å². The summed E-state index contributed by atoms with van der Waals surface area (Å²) >= 11 is 0. The molecular formula is C14H25N5O4S. The first-order chi connectivity index (χ1) is 11.1. The monoisotopic (exact) mass is 359 g/mol. The van der Waals surface area contributed by atoms with Crippen LogP contribution in [0.3, 0.4) is 0 Å². The van der Waals surface area contributed by atoms with Crippen molar-refractivity contribution in [3.63, 3.8) is 0 Å². The summed E-state index contributed by atoms with van der Waals surface area (Å²) in [4.78, 5) is 14.0. The minimum Gasteiger partial charge on any atom is -0.390 e. The summed E-state index contributed by atoms with van der Waals surface area (Å²) in [7, 11) is -0.774. The van der Waals surface area contributed by atoms with Crippen LogP contribution >= 0.6 is 0 Å². The van der Waals surface area contributed by atoms with Gasteiger partial charge in [-0.25, -0.2) is 0 Å². The number of aromatic amines is 1. The number of aliphatic hydroxyl groups is 1. The Labute approximate surface area is 142 Å². The van der Waals surface area contributed by atoms with Gasteiger partial charge in [-0.3, -0.25) is 9.89 Å². The first kappa shape index (κ1) is 18.8. The summed E-state index contributed by atoms with van der Waals surface area (Å²) in [6.07, 6.45) is -0.359. The first-order valence-corrected chi connectivity index (χ1v) is 9.22. The van der Waals surface area contributed by atoms with E-state index in [-0.39, 0.29) is 18.9 Å². The molecule has 0 radical (unpaired) electrons. The molecule has 2 heterocycles. The molecule has 0 aliphatic carbocycles. The fourth-order valence-corrected chi connectivity index (χ4v) is 3.56. The van der Waals surface area contributed by atoms with Crippen LogP contribution in [0, 0.1) is 13.8 Å². The molecule has 10 heteroatoms. The third kappa shape index (κ3) is 4.12. The highest BCUT2D eigenvalue weighted by molar-refractivity contribution is 7.87. The molecule has 2 atom stereocenters. The molecule has 9 nitrogen and oxygen atoms in total. The van der Waals surface area contributed by atoms with Crippen molar-refractivity contribution in [1.29, 1.82) is 0 Å². The van der Waals surface area contributed by atoms with E-state index in [1.54, 1.807) is 4.90 Å². The summed E-state index contributed by atoms with van der Waals surface area (Å²) in [6, 6.07) is -0.598. The Morgan fingerprint density at radius 2 is 2.12 bits per heavy atom. The van der Waals surface area contributed by atoms with Gasteiger partial charge in [0.05, 0.1) is 24.3 Å². The van der Waals surface area contributed by atoms with E-state index in [1.165, 1.54) is 14.1 Å². The quantitative estimate of drug-likeness (QED) is 0.618. The van der Waals surface area contributed by atoms with E-state index in [0.717, 1.165) is 21.3 Å². The Morgan fingerprint density at radius 3 is 2.62 bits per heavy atom. The molecule has 1 aliphatic heterocycles. The molecule has 1 aliphatic rings. The zero-order valence-electron chi connectivity index (χ0n) is 14.4. The van der Waals surface area contributed by atoms with Gasteiger partial charge in [0.2, 0.25) is 5.91 Å². The van der Waals surface area contributed by atoms with Crippen molar-refractivity contribution in [3.8, 4) is 0 Å². The molecule has 0 spiro atoms. The van der Waals surface area contributed by atoms with Gasteiger partial charge in [-0.2, -0.15) is 22.5 Å². The van der Waals surface area contributed by atoms with Crippen molar-refractivity contribution in [2.75, 3.05) is 27.2 Å².